The van der Waals surface area contributed by atoms with Crippen LogP contribution >= 0.6 is 0 Å². The van der Waals surface area contributed by atoms with Crippen LogP contribution in [0, 0.1) is 6.92 Å². The molecule has 3 heteroatoms. The van der Waals surface area contributed by atoms with Crippen molar-refractivity contribution in [1.82, 2.24) is 9.88 Å². The Morgan fingerprint density at radius 3 is 3.00 bits per heavy atom. The molecule has 2 N–H and O–H groups in total. The average molecular weight is 230 g/mol. The van der Waals surface area contributed by atoms with E-state index in [1.165, 1.54) is 22.2 Å². The van der Waals surface area contributed by atoms with Gasteiger partial charge in [-0.3, -0.25) is 0 Å². The normalized spacial score (nSPS) is 15.2. The van der Waals surface area contributed by atoms with Gasteiger partial charge in [0.25, 0.3) is 0 Å². The van der Waals surface area contributed by atoms with E-state index in [0.717, 1.165) is 31.4 Å². The molecule has 0 atom stereocenters. The summed E-state index contributed by atoms with van der Waals surface area (Å²) in [5.41, 5.74) is 3.75. The number of aromatic hydroxyl groups is 1. The third-order valence-electron chi connectivity index (χ3n) is 3.72. The van der Waals surface area contributed by atoms with Crippen molar-refractivity contribution < 1.29 is 5.11 Å². The number of aryl methyl sites for hydroxylation is 2. The fourth-order valence-electron chi connectivity index (χ4n) is 2.83. The van der Waals surface area contributed by atoms with Gasteiger partial charge in [0.05, 0.1) is 0 Å². The van der Waals surface area contributed by atoms with Crippen molar-refractivity contribution in [1.29, 1.82) is 0 Å². The monoisotopic (exact) mass is 230 g/mol. The number of hydrogen-bond acceptors (Lipinski definition) is 2. The number of nitrogens with zero attached hydrogens (tertiary/aromatic N) is 1. The molecule has 1 aromatic carbocycles. The summed E-state index contributed by atoms with van der Waals surface area (Å²) in [5, 5.41) is 15.9. The highest BCUT2D eigenvalue weighted by Gasteiger charge is 2.20. The van der Waals surface area contributed by atoms with Crippen molar-refractivity contribution in [3.05, 3.63) is 29.0 Å². The maximum absolute atomic E-state index is 10.3. The molecule has 90 valence electrons. The average Bonchev–Trinajstić information content (AvgIpc) is 2.64. The van der Waals surface area contributed by atoms with Crippen molar-refractivity contribution in [3.63, 3.8) is 0 Å². The highest BCUT2D eigenvalue weighted by Crippen LogP contribution is 2.35. The van der Waals surface area contributed by atoms with Crippen molar-refractivity contribution >= 4 is 10.8 Å². The van der Waals surface area contributed by atoms with Crippen LogP contribution in [0.4, 0.5) is 0 Å². The van der Waals surface area contributed by atoms with Gasteiger partial charge in [0, 0.05) is 36.1 Å². The second kappa shape index (κ2) is 3.77. The molecule has 0 saturated carbocycles. The predicted octanol–water partition coefficient (Wildman–Crippen LogP) is 2.32. The minimum absolute atomic E-state index is 0.441. The van der Waals surface area contributed by atoms with E-state index in [2.05, 4.69) is 31.3 Å². The molecular weight excluding hydrogens is 212 g/mol. The van der Waals surface area contributed by atoms with Gasteiger partial charge in [0.2, 0.25) is 0 Å². The molecule has 2 aromatic rings. The standard InChI is InChI=1S/C14H18N2O/c1-3-10-6-9(2)13-11(7-10)12-8-15-4-5-16(12)14(13)17/h6-7,15,17H,3-5,8H2,1-2H3. The molecular formula is C14H18N2O. The van der Waals surface area contributed by atoms with E-state index in [1.807, 2.05) is 4.57 Å². The number of nitrogens with one attached hydrogen (secondary N) is 1. The predicted molar refractivity (Wildman–Crippen MR) is 69.4 cm³/mol. The first kappa shape index (κ1) is 10.7. The maximum atomic E-state index is 10.3. The van der Waals surface area contributed by atoms with Gasteiger partial charge in [0.1, 0.15) is 0 Å². The number of fused-ring (bicyclic) bond motifs is 3. The minimum Gasteiger partial charge on any atom is -0.494 e. The van der Waals surface area contributed by atoms with Crippen LogP contribution in [0.2, 0.25) is 0 Å². The van der Waals surface area contributed by atoms with Crippen molar-refractivity contribution in [2.45, 2.75) is 33.4 Å². The highest BCUT2D eigenvalue weighted by molar-refractivity contribution is 5.94. The molecule has 0 saturated heterocycles. The fourth-order valence-corrected chi connectivity index (χ4v) is 2.83. The van der Waals surface area contributed by atoms with Crippen LogP contribution < -0.4 is 5.32 Å². The van der Waals surface area contributed by atoms with Crippen LogP contribution in [0.15, 0.2) is 12.1 Å². The minimum atomic E-state index is 0.441. The van der Waals surface area contributed by atoms with E-state index >= 15 is 0 Å². The Morgan fingerprint density at radius 2 is 2.24 bits per heavy atom. The van der Waals surface area contributed by atoms with Gasteiger partial charge in [-0.1, -0.05) is 13.0 Å². The Morgan fingerprint density at radius 1 is 1.41 bits per heavy atom. The van der Waals surface area contributed by atoms with E-state index in [9.17, 15) is 5.11 Å². The first-order valence-corrected chi connectivity index (χ1v) is 6.26. The molecule has 0 unspecified atom stereocenters. The van der Waals surface area contributed by atoms with Crippen LogP contribution in [-0.4, -0.2) is 16.2 Å². The summed E-state index contributed by atoms with van der Waals surface area (Å²) >= 11 is 0. The van der Waals surface area contributed by atoms with Crippen molar-refractivity contribution in [2.75, 3.05) is 6.54 Å². The van der Waals surface area contributed by atoms with Crippen LogP contribution in [0.1, 0.15) is 23.7 Å². The molecule has 0 spiro atoms. The number of hydrogen-bond donors (Lipinski definition) is 2. The smallest absolute Gasteiger partial charge is 0.199 e. The van der Waals surface area contributed by atoms with E-state index in [0.29, 0.717) is 5.88 Å². The molecule has 1 aliphatic heterocycles. The summed E-state index contributed by atoms with van der Waals surface area (Å²) < 4.78 is 2.05. The molecule has 3 nitrogen and oxygen atoms in total. The van der Waals surface area contributed by atoms with Crippen LogP contribution in [-0.2, 0) is 19.5 Å². The summed E-state index contributed by atoms with van der Waals surface area (Å²) in [4.78, 5) is 0. The molecule has 0 bridgehead atoms. The molecule has 0 fully saturated rings. The van der Waals surface area contributed by atoms with Gasteiger partial charge in [0.15, 0.2) is 5.88 Å². The molecule has 0 aliphatic carbocycles. The second-order valence-corrected chi connectivity index (χ2v) is 4.79. The third-order valence-corrected chi connectivity index (χ3v) is 3.72. The van der Waals surface area contributed by atoms with Gasteiger partial charge >= 0.3 is 0 Å². The SMILES string of the molecule is CCc1cc(C)c2c(O)n3c(c2c1)CNCC3. The summed E-state index contributed by atoms with van der Waals surface area (Å²) in [6.07, 6.45) is 1.04. The number of rotatable bonds is 1. The zero-order valence-electron chi connectivity index (χ0n) is 10.4. The quantitative estimate of drug-likeness (QED) is 0.789. The fraction of sp³-hybridized carbons (Fsp3) is 0.429. The summed E-state index contributed by atoms with van der Waals surface area (Å²) in [7, 11) is 0. The van der Waals surface area contributed by atoms with E-state index < -0.39 is 0 Å². The van der Waals surface area contributed by atoms with Gasteiger partial charge in [-0.05, 0) is 30.5 Å². The van der Waals surface area contributed by atoms with Gasteiger partial charge in [-0.25, -0.2) is 0 Å². The molecule has 1 aromatic heterocycles. The lowest BCUT2D eigenvalue weighted by Gasteiger charge is -2.17. The highest BCUT2D eigenvalue weighted by atomic mass is 16.3. The maximum Gasteiger partial charge on any atom is 0.199 e. The van der Waals surface area contributed by atoms with E-state index in [1.54, 1.807) is 0 Å². The lowest BCUT2D eigenvalue weighted by molar-refractivity contribution is 0.396. The van der Waals surface area contributed by atoms with Crippen molar-refractivity contribution in [3.8, 4) is 5.88 Å². The van der Waals surface area contributed by atoms with E-state index in [4.69, 9.17) is 0 Å². The lowest BCUT2D eigenvalue weighted by atomic mass is 10.0. The van der Waals surface area contributed by atoms with Gasteiger partial charge in [-0.15, -0.1) is 0 Å². The summed E-state index contributed by atoms with van der Waals surface area (Å²) in [6, 6.07) is 4.41. The number of benzene rings is 1. The Balaban J connectivity index is 2.38. The largest absolute Gasteiger partial charge is 0.494 e. The van der Waals surface area contributed by atoms with Crippen LogP contribution in [0.3, 0.4) is 0 Å². The second-order valence-electron chi connectivity index (χ2n) is 4.79. The molecule has 0 radical (unpaired) electrons. The Kier molecular flexibility index (Phi) is 2.37. The van der Waals surface area contributed by atoms with E-state index in [-0.39, 0.29) is 0 Å². The Bertz CT molecular complexity index is 584. The summed E-state index contributed by atoms with van der Waals surface area (Å²) in [5.74, 6) is 0.441. The number of aromatic nitrogens is 1. The molecule has 0 amide bonds. The van der Waals surface area contributed by atoms with Gasteiger partial charge < -0.3 is 15.0 Å². The molecule has 3 rings (SSSR count). The lowest BCUT2D eigenvalue weighted by Crippen LogP contribution is -2.27. The van der Waals surface area contributed by atoms with Crippen LogP contribution in [0.25, 0.3) is 10.8 Å². The van der Waals surface area contributed by atoms with Crippen molar-refractivity contribution in [2.24, 2.45) is 0 Å². The summed E-state index contributed by atoms with van der Waals surface area (Å²) in [6.45, 7) is 6.89. The van der Waals surface area contributed by atoms with Crippen LogP contribution in [0.5, 0.6) is 5.88 Å². The third kappa shape index (κ3) is 1.46. The Hall–Kier alpha value is -1.48. The zero-order valence-corrected chi connectivity index (χ0v) is 10.4. The molecule has 2 heterocycles. The first-order valence-electron chi connectivity index (χ1n) is 6.26. The topological polar surface area (TPSA) is 37.2 Å². The molecule has 1 aliphatic rings. The first-order chi connectivity index (χ1) is 8.22. The Labute approximate surface area is 101 Å². The zero-order chi connectivity index (χ0) is 12.0. The molecule has 17 heavy (non-hydrogen) atoms. The van der Waals surface area contributed by atoms with Gasteiger partial charge in [-0.2, -0.15) is 0 Å².